The van der Waals surface area contributed by atoms with E-state index in [1.807, 2.05) is 11.8 Å². The highest BCUT2D eigenvalue weighted by Gasteiger charge is 2.26. The van der Waals surface area contributed by atoms with Crippen LogP contribution in [-0.4, -0.2) is 51.7 Å². The van der Waals surface area contributed by atoms with Crippen LogP contribution in [0.5, 0.6) is 0 Å². The summed E-state index contributed by atoms with van der Waals surface area (Å²) in [5.74, 6) is 0.285. The Morgan fingerprint density at radius 3 is 2.88 bits per heavy atom. The number of nitrogens with zero attached hydrogens (tertiary/aromatic N) is 3. The van der Waals surface area contributed by atoms with Crippen LogP contribution in [0.2, 0.25) is 0 Å². The van der Waals surface area contributed by atoms with Gasteiger partial charge in [-0.1, -0.05) is 0 Å². The van der Waals surface area contributed by atoms with E-state index in [9.17, 15) is 4.79 Å². The van der Waals surface area contributed by atoms with Crippen molar-refractivity contribution in [2.45, 2.75) is 25.8 Å². The van der Waals surface area contributed by atoms with E-state index < -0.39 is 0 Å². The van der Waals surface area contributed by atoms with Crippen LogP contribution >= 0.6 is 0 Å². The molecule has 0 atom stereocenters. The number of amides is 1. The molecule has 6 heteroatoms. The van der Waals surface area contributed by atoms with Crippen LogP contribution in [0.4, 0.5) is 0 Å². The Bertz CT molecular complexity index is 331. The van der Waals surface area contributed by atoms with Gasteiger partial charge in [-0.2, -0.15) is 5.10 Å². The van der Waals surface area contributed by atoms with Crippen molar-refractivity contribution in [1.82, 2.24) is 25.4 Å². The molecule has 1 aromatic heterocycles. The molecule has 0 spiro atoms. The third kappa shape index (κ3) is 2.21. The lowest BCUT2D eigenvalue weighted by molar-refractivity contribution is 0.0644. The van der Waals surface area contributed by atoms with Crippen molar-refractivity contribution < 1.29 is 4.79 Å². The number of rotatable bonds is 3. The maximum atomic E-state index is 12.1. The third-order valence-electron chi connectivity index (χ3n) is 2.97. The Labute approximate surface area is 94.4 Å². The first-order valence-corrected chi connectivity index (χ1v) is 5.70. The van der Waals surface area contributed by atoms with Gasteiger partial charge in [0, 0.05) is 12.6 Å². The summed E-state index contributed by atoms with van der Waals surface area (Å²) in [6, 6.07) is 0.323. The summed E-state index contributed by atoms with van der Waals surface area (Å²) in [6.45, 7) is 4.66. The van der Waals surface area contributed by atoms with E-state index in [4.69, 9.17) is 0 Å². The zero-order valence-corrected chi connectivity index (χ0v) is 9.44. The second-order valence-corrected chi connectivity index (χ2v) is 3.91. The van der Waals surface area contributed by atoms with Gasteiger partial charge in [-0.25, -0.2) is 4.98 Å². The Balaban J connectivity index is 2.06. The molecule has 0 unspecified atom stereocenters. The van der Waals surface area contributed by atoms with Crippen LogP contribution < -0.4 is 5.32 Å². The van der Waals surface area contributed by atoms with Gasteiger partial charge in [0.1, 0.15) is 6.33 Å². The minimum absolute atomic E-state index is 0.0492. The average molecular weight is 223 g/mol. The largest absolute Gasteiger partial charge is 0.333 e. The Morgan fingerprint density at radius 1 is 1.56 bits per heavy atom. The van der Waals surface area contributed by atoms with E-state index in [1.165, 1.54) is 6.33 Å². The summed E-state index contributed by atoms with van der Waals surface area (Å²) in [5, 5.41) is 9.63. The van der Waals surface area contributed by atoms with Crippen molar-refractivity contribution in [3.8, 4) is 0 Å². The number of H-pyrrole nitrogens is 1. The fourth-order valence-corrected chi connectivity index (χ4v) is 2.13. The quantitative estimate of drug-likeness (QED) is 0.757. The standard InChI is InChI=1S/C10H17N5O/c1-2-15(8-3-5-11-6-4-8)10(16)9-12-7-13-14-9/h7-8,11H,2-6H2,1H3,(H,12,13,14). The summed E-state index contributed by atoms with van der Waals surface area (Å²) in [5.41, 5.74) is 0. The van der Waals surface area contributed by atoms with Crippen LogP contribution in [0.15, 0.2) is 6.33 Å². The van der Waals surface area contributed by atoms with E-state index in [-0.39, 0.29) is 5.91 Å². The van der Waals surface area contributed by atoms with Gasteiger partial charge in [0.05, 0.1) is 0 Å². The Kier molecular flexibility index (Phi) is 3.51. The van der Waals surface area contributed by atoms with Crippen molar-refractivity contribution in [2.24, 2.45) is 0 Å². The summed E-state index contributed by atoms with van der Waals surface area (Å²) in [4.78, 5) is 17.9. The molecule has 1 fully saturated rings. The highest BCUT2D eigenvalue weighted by atomic mass is 16.2. The van der Waals surface area contributed by atoms with Crippen molar-refractivity contribution in [1.29, 1.82) is 0 Å². The van der Waals surface area contributed by atoms with Gasteiger partial charge in [-0.3, -0.25) is 9.89 Å². The van der Waals surface area contributed by atoms with Crippen LogP contribution in [0.3, 0.4) is 0 Å². The predicted molar refractivity (Wildman–Crippen MR) is 59.0 cm³/mol. The maximum Gasteiger partial charge on any atom is 0.291 e. The van der Waals surface area contributed by atoms with E-state index in [1.54, 1.807) is 0 Å². The second kappa shape index (κ2) is 5.07. The Hall–Kier alpha value is -1.43. The molecule has 2 N–H and O–H groups in total. The van der Waals surface area contributed by atoms with Gasteiger partial charge in [0.25, 0.3) is 5.91 Å². The first-order chi connectivity index (χ1) is 7.83. The summed E-state index contributed by atoms with van der Waals surface area (Å²) >= 11 is 0. The molecule has 16 heavy (non-hydrogen) atoms. The van der Waals surface area contributed by atoms with Crippen molar-refractivity contribution in [2.75, 3.05) is 19.6 Å². The molecule has 0 bridgehead atoms. The predicted octanol–water partition coefficient (Wildman–Crippen LogP) is 0.0188. The number of piperidine rings is 1. The van der Waals surface area contributed by atoms with Gasteiger partial charge in [-0.15, -0.1) is 0 Å². The molecular formula is C10H17N5O. The van der Waals surface area contributed by atoms with Crippen LogP contribution in [-0.2, 0) is 0 Å². The maximum absolute atomic E-state index is 12.1. The molecular weight excluding hydrogens is 206 g/mol. The lowest BCUT2D eigenvalue weighted by atomic mass is 10.0. The zero-order valence-electron chi connectivity index (χ0n) is 9.44. The van der Waals surface area contributed by atoms with Crippen LogP contribution in [0, 0.1) is 0 Å². The molecule has 1 amide bonds. The second-order valence-electron chi connectivity index (χ2n) is 3.91. The molecule has 2 heterocycles. The molecule has 0 aromatic carbocycles. The van der Waals surface area contributed by atoms with Crippen LogP contribution in [0.1, 0.15) is 30.4 Å². The average Bonchev–Trinajstić information content (AvgIpc) is 2.85. The number of carbonyl (C=O) groups is 1. The molecule has 1 aliphatic heterocycles. The van der Waals surface area contributed by atoms with Gasteiger partial charge in [0.2, 0.25) is 5.82 Å². The van der Waals surface area contributed by atoms with Gasteiger partial charge < -0.3 is 10.2 Å². The zero-order chi connectivity index (χ0) is 11.4. The van der Waals surface area contributed by atoms with E-state index in [0.29, 0.717) is 18.4 Å². The Morgan fingerprint density at radius 2 is 2.31 bits per heavy atom. The molecule has 1 aromatic rings. The number of hydrogen-bond donors (Lipinski definition) is 2. The first-order valence-electron chi connectivity index (χ1n) is 5.70. The molecule has 0 aliphatic carbocycles. The lowest BCUT2D eigenvalue weighted by Crippen LogP contribution is -2.46. The number of aromatic nitrogens is 3. The fourth-order valence-electron chi connectivity index (χ4n) is 2.13. The molecule has 2 rings (SSSR count). The van der Waals surface area contributed by atoms with Crippen molar-refractivity contribution >= 4 is 5.91 Å². The number of nitrogens with one attached hydrogen (secondary N) is 2. The van der Waals surface area contributed by atoms with Crippen molar-refractivity contribution in [3.05, 3.63) is 12.2 Å². The minimum atomic E-state index is -0.0492. The number of carbonyl (C=O) groups excluding carboxylic acids is 1. The van der Waals surface area contributed by atoms with Crippen molar-refractivity contribution in [3.63, 3.8) is 0 Å². The van der Waals surface area contributed by atoms with E-state index in [0.717, 1.165) is 25.9 Å². The summed E-state index contributed by atoms with van der Waals surface area (Å²) in [7, 11) is 0. The highest BCUT2D eigenvalue weighted by Crippen LogP contribution is 2.13. The van der Waals surface area contributed by atoms with Gasteiger partial charge in [-0.05, 0) is 32.9 Å². The number of aromatic amines is 1. The van der Waals surface area contributed by atoms with E-state index in [2.05, 4.69) is 20.5 Å². The third-order valence-corrected chi connectivity index (χ3v) is 2.97. The summed E-state index contributed by atoms with van der Waals surface area (Å²) in [6.07, 6.45) is 3.38. The normalized spacial score (nSPS) is 17.3. The molecule has 0 radical (unpaired) electrons. The minimum Gasteiger partial charge on any atom is -0.333 e. The van der Waals surface area contributed by atoms with Gasteiger partial charge >= 0.3 is 0 Å². The topological polar surface area (TPSA) is 73.9 Å². The monoisotopic (exact) mass is 223 g/mol. The SMILES string of the molecule is CCN(C(=O)c1ncn[nH]1)C1CCNCC1. The smallest absolute Gasteiger partial charge is 0.291 e. The fraction of sp³-hybridized carbons (Fsp3) is 0.700. The van der Waals surface area contributed by atoms with Crippen LogP contribution in [0.25, 0.3) is 0 Å². The van der Waals surface area contributed by atoms with E-state index >= 15 is 0 Å². The molecule has 1 saturated heterocycles. The van der Waals surface area contributed by atoms with Gasteiger partial charge in [0.15, 0.2) is 0 Å². The lowest BCUT2D eigenvalue weighted by Gasteiger charge is -2.33. The molecule has 88 valence electrons. The summed E-state index contributed by atoms with van der Waals surface area (Å²) < 4.78 is 0. The molecule has 1 aliphatic rings. The number of hydrogen-bond acceptors (Lipinski definition) is 4. The molecule has 6 nitrogen and oxygen atoms in total. The highest BCUT2D eigenvalue weighted by molar-refractivity contribution is 5.90. The molecule has 0 saturated carbocycles. The first kappa shape index (κ1) is 11.1.